The first-order valence-electron chi connectivity index (χ1n) is 8.83. The molecule has 6 nitrogen and oxygen atoms in total. The van der Waals surface area contributed by atoms with Crippen LogP contribution >= 0.6 is 15.9 Å². The fraction of sp³-hybridized carbons (Fsp3) is 0.421. The number of ether oxygens (including phenoxy) is 2. The summed E-state index contributed by atoms with van der Waals surface area (Å²) in [6.45, 7) is 0.187. The highest BCUT2D eigenvalue weighted by atomic mass is 79.9. The van der Waals surface area contributed by atoms with Crippen molar-refractivity contribution in [2.24, 2.45) is 40.6 Å². The number of hydrogen-bond acceptors (Lipinski definition) is 5. The number of nitrogens with zero attached hydrogens (tertiary/aromatic N) is 2. The topological polar surface area (TPSA) is 68.2 Å². The lowest BCUT2D eigenvalue weighted by Crippen LogP contribution is -2.40. The van der Waals surface area contributed by atoms with Crippen molar-refractivity contribution >= 4 is 34.0 Å². The number of hydrogen-bond donors (Lipinski definition) is 0. The zero-order valence-corrected chi connectivity index (χ0v) is 15.3. The van der Waals surface area contributed by atoms with Crippen LogP contribution in [-0.2, 0) is 9.59 Å². The van der Waals surface area contributed by atoms with E-state index in [1.54, 1.807) is 12.1 Å². The fourth-order valence-electron chi connectivity index (χ4n) is 5.21. The Morgan fingerprint density at radius 1 is 1.04 bits per heavy atom. The number of fused-ring (bicyclic) bond motifs is 1. The van der Waals surface area contributed by atoms with Crippen LogP contribution < -0.4 is 9.47 Å². The van der Waals surface area contributed by atoms with Gasteiger partial charge < -0.3 is 9.47 Å². The van der Waals surface area contributed by atoms with Crippen molar-refractivity contribution in [3.05, 3.63) is 34.3 Å². The highest BCUT2D eigenvalue weighted by molar-refractivity contribution is 9.10. The van der Waals surface area contributed by atoms with E-state index < -0.39 is 0 Å². The van der Waals surface area contributed by atoms with E-state index in [1.807, 2.05) is 0 Å². The lowest BCUT2D eigenvalue weighted by atomic mass is 9.63. The predicted molar refractivity (Wildman–Crippen MR) is 94.4 cm³/mol. The van der Waals surface area contributed by atoms with Crippen LogP contribution in [0.2, 0.25) is 0 Å². The summed E-state index contributed by atoms with van der Waals surface area (Å²) in [4.78, 5) is 25.8. The Morgan fingerprint density at radius 2 is 1.65 bits per heavy atom. The highest BCUT2D eigenvalue weighted by Crippen LogP contribution is 2.65. The molecule has 7 heteroatoms. The van der Waals surface area contributed by atoms with Gasteiger partial charge in [-0.05, 0) is 58.2 Å². The van der Waals surface area contributed by atoms with E-state index >= 15 is 0 Å². The van der Waals surface area contributed by atoms with Crippen LogP contribution in [0, 0.1) is 35.5 Å². The van der Waals surface area contributed by atoms with E-state index in [2.05, 4.69) is 33.2 Å². The van der Waals surface area contributed by atoms with Gasteiger partial charge in [0.05, 0.1) is 18.1 Å². The molecule has 0 aromatic heterocycles. The smallest absolute Gasteiger partial charge is 0.254 e. The molecule has 132 valence electrons. The van der Waals surface area contributed by atoms with Crippen molar-refractivity contribution in [3.63, 3.8) is 0 Å². The largest absolute Gasteiger partial charge is 0.454 e. The maximum atomic E-state index is 12.9. The highest BCUT2D eigenvalue weighted by Gasteiger charge is 2.67. The van der Waals surface area contributed by atoms with Crippen LogP contribution in [0.5, 0.6) is 11.5 Å². The van der Waals surface area contributed by atoms with Crippen LogP contribution in [0.4, 0.5) is 0 Å². The molecule has 6 aliphatic rings. The summed E-state index contributed by atoms with van der Waals surface area (Å²) in [7, 11) is 0. The lowest BCUT2D eigenvalue weighted by Gasteiger charge is -2.37. The van der Waals surface area contributed by atoms with Gasteiger partial charge in [-0.2, -0.15) is 10.1 Å². The number of halogens is 1. The zero-order chi connectivity index (χ0) is 17.6. The van der Waals surface area contributed by atoms with Crippen molar-refractivity contribution in [1.29, 1.82) is 0 Å². The van der Waals surface area contributed by atoms with Gasteiger partial charge in [0, 0.05) is 10.0 Å². The average Bonchev–Trinajstić information content (AvgIpc) is 3.29. The summed E-state index contributed by atoms with van der Waals surface area (Å²) in [5, 5.41) is 5.35. The lowest BCUT2D eigenvalue weighted by molar-refractivity contribution is -0.140. The van der Waals surface area contributed by atoms with Crippen molar-refractivity contribution < 1.29 is 19.1 Å². The molecular weight excluding hydrogens is 400 g/mol. The molecule has 2 saturated carbocycles. The number of rotatable bonds is 2. The minimum absolute atomic E-state index is 0.155. The summed E-state index contributed by atoms with van der Waals surface area (Å²) in [5.41, 5.74) is 0.730. The van der Waals surface area contributed by atoms with E-state index in [4.69, 9.17) is 9.47 Å². The van der Waals surface area contributed by atoms with Gasteiger partial charge >= 0.3 is 0 Å². The summed E-state index contributed by atoms with van der Waals surface area (Å²) in [6, 6.07) is 3.59. The third-order valence-corrected chi connectivity index (χ3v) is 7.13. The van der Waals surface area contributed by atoms with E-state index in [0.717, 1.165) is 21.5 Å². The number of carbonyl (C=O) groups excluding carboxylic acids is 2. The Labute approximate surface area is 157 Å². The van der Waals surface area contributed by atoms with Gasteiger partial charge in [0.15, 0.2) is 11.5 Å². The molecule has 2 heterocycles. The molecular formula is C19H15BrN2O4. The average molecular weight is 415 g/mol. The van der Waals surface area contributed by atoms with Crippen LogP contribution in [0.25, 0.3) is 0 Å². The molecule has 2 bridgehead atoms. The second kappa shape index (κ2) is 4.97. The van der Waals surface area contributed by atoms with Gasteiger partial charge in [0.25, 0.3) is 11.8 Å². The minimum Gasteiger partial charge on any atom is -0.454 e. The van der Waals surface area contributed by atoms with Crippen molar-refractivity contribution in [2.45, 2.75) is 6.42 Å². The Kier molecular flexibility index (Phi) is 2.86. The standard InChI is InChI=1S/C19H15BrN2O4/c20-13-5-15-14(25-7-26-15)3-8(13)6-21-22-18(23)16-9-1-2-10(12-4-11(9)12)17(16)19(22)24/h1-3,5-6,9-12,16-17H,4,7H2/t9-,10-,11-,12+,16+,17+/m0/s1. The number of carbonyl (C=O) groups is 2. The van der Waals surface area contributed by atoms with E-state index in [-0.39, 0.29) is 42.3 Å². The van der Waals surface area contributed by atoms with Gasteiger partial charge in [-0.15, -0.1) is 0 Å². The van der Waals surface area contributed by atoms with Crippen LogP contribution in [0.3, 0.4) is 0 Å². The third kappa shape index (κ3) is 1.84. The Bertz CT molecular complexity index is 890. The summed E-state index contributed by atoms with van der Waals surface area (Å²) < 4.78 is 11.5. The predicted octanol–water partition coefficient (Wildman–Crippen LogP) is 2.56. The molecule has 3 fully saturated rings. The molecule has 0 spiro atoms. The van der Waals surface area contributed by atoms with E-state index in [1.165, 1.54) is 6.21 Å². The molecule has 0 radical (unpaired) electrons. The first-order valence-corrected chi connectivity index (χ1v) is 9.62. The van der Waals surface area contributed by atoms with E-state index in [0.29, 0.717) is 23.3 Å². The zero-order valence-electron chi connectivity index (χ0n) is 13.7. The first kappa shape index (κ1) is 15.0. The summed E-state index contributed by atoms with van der Waals surface area (Å²) >= 11 is 3.47. The number of benzene rings is 1. The van der Waals surface area contributed by atoms with Crippen molar-refractivity contribution in [1.82, 2.24) is 5.01 Å². The number of amides is 2. The SMILES string of the molecule is O=C1[C@@H]2[C@H]3C=C[C@@H]([C@@H]4C[C@H]34)[C@H]2C(=O)N1N=Cc1cc2c(cc1Br)OCO2. The molecule has 1 aromatic rings. The molecule has 1 aromatic carbocycles. The minimum atomic E-state index is -0.224. The second-order valence-electron chi connectivity index (χ2n) is 7.61. The molecule has 2 amide bonds. The molecule has 0 unspecified atom stereocenters. The maximum Gasteiger partial charge on any atom is 0.254 e. The molecule has 7 rings (SSSR count). The van der Waals surface area contributed by atoms with Crippen LogP contribution in [0.15, 0.2) is 33.9 Å². The number of hydrazone groups is 1. The number of allylic oxidation sites excluding steroid dienone is 2. The quantitative estimate of drug-likeness (QED) is 0.423. The van der Waals surface area contributed by atoms with Gasteiger partial charge in [-0.1, -0.05) is 12.2 Å². The Balaban J connectivity index is 1.32. The fourth-order valence-corrected chi connectivity index (χ4v) is 5.63. The van der Waals surface area contributed by atoms with Crippen LogP contribution in [0.1, 0.15) is 12.0 Å². The third-order valence-electron chi connectivity index (χ3n) is 6.44. The molecule has 0 N–H and O–H groups in total. The first-order chi connectivity index (χ1) is 12.6. The normalized spacial score (nSPS) is 38.3. The van der Waals surface area contributed by atoms with Crippen LogP contribution in [-0.4, -0.2) is 29.8 Å². The molecule has 4 aliphatic carbocycles. The van der Waals surface area contributed by atoms with Gasteiger partial charge in [-0.3, -0.25) is 9.59 Å². The maximum absolute atomic E-state index is 12.9. The second-order valence-corrected chi connectivity index (χ2v) is 8.47. The van der Waals surface area contributed by atoms with Gasteiger partial charge in [0.1, 0.15) is 0 Å². The van der Waals surface area contributed by atoms with Crippen molar-refractivity contribution in [2.75, 3.05) is 6.79 Å². The molecule has 6 atom stereocenters. The summed E-state index contributed by atoms with van der Waals surface area (Å²) in [5.74, 6) is 2.14. The van der Waals surface area contributed by atoms with Gasteiger partial charge in [-0.25, -0.2) is 0 Å². The molecule has 26 heavy (non-hydrogen) atoms. The molecule has 2 aliphatic heterocycles. The molecule has 1 saturated heterocycles. The van der Waals surface area contributed by atoms with E-state index in [9.17, 15) is 9.59 Å². The van der Waals surface area contributed by atoms with Crippen molar-refractivity contribution in [3.8, 4) is 11.5 Å². The monoisotopic (exact) mass is 414 g/mol. The number of imide groups is 1. The Hall–Kier alpha value is -2.15. The van der Waals surface area contributed by atoms with Gasteiger partial charge in [0.2, 0.25) is 6.79 Å². The summed E-state index contributed by atoms with van der Waals surface area (Å²) in [6.07, 6.45) is 7.01. The Morgan fingerprint density at radius 3 is 2.31 bits per heavy atom.